The fourth-order valence-electron chi connectivity index (χ4n) is 2.37. The van der Waals surface area contributed by atoms with Crippen molar-refractivity contribution in [2.24, 2.45) is 0 Å². The van der Waals surface area contributed by atoms with Crippen LogP contribution in [0.4, 0.5) is 18.0 Å². The molecule has 1 unspecified atom stereocenters. The Bertz CT molecular complexity index is 496. The summed E-state index contributed by atoms with van der Waals surface area (Å²) in [6.45, 7) is 9.95. The second kappa shape index (κ2) is 7.82. The standard InChI is InChI=1S/C16H29F3N2O3S/c1-14(2,3)24-13(22)21-9-7-16(19,8-10-21)11(12(17)18)20-25(23)15(4,5)6/h11-12,20H,7-10H2,1-6H3/t11-,25?/m0/s1. The second-order valence-corrected chi connectivity index (χ2v) is 10.3. The second-order valence-electron chi connectivity index (χ2n) is 8.31. The maximum Gasteiger partial charge on any atom is 0.410 e. The summed E-state index contributed by atoms with van der Waals surface area (Å²) >= 11 is 0. The van der Waals surface area contributed by atoms with Crippen LogP contribution in [0.25, 0.3) is 0 Å². The SMILES string of the molecule is CC(C)(C)OC(=O)N1CCC(F)([C@@H](NS(=O)C(C)(C)C)C(F)F)CC1. The minimum absolute atomic E-state index is 0.0293. The van der Waals surface area contributed by atoms with Crippen molar-refractivity contribution in [2.45, 2.75) is 82.9 Å². The van der Waals surface area contributed by atoms with Gasteiger partial charge in [-0.05, 0) is 41.5 Å². The summed E-state index contributed by atoms with van der Waals surface area (Å²) in [4.78, 5) is 13.3. The highest BCUT2D eigenvalue weighted by molar-refractivity contribution is 7.84. The van der Waals surface area contributed by atoms with E-state index < -0.39 is 45.6 Å². The van der Waals surface area contributed by atoms with E-state index in [0.29, 0.717) is 0 Å². The molecular weight excluding hydrogens is 357 g/mol. The first-order chi connectivity index (χ1) is 11.2. The van der Waals surface area contributed by atoms with E-state index in [1.165, 1.54) is 4.90 Å². The summed E-state index contributed by atoms with van der Waals surface area (Å²) in [5, 5.41) is 0. The number of rotatable bonds is 4. The van der Waals surface area contributed by atoms with Crippen molar-refractivity contribution >= 4 is 17.1 Å². The maximum absolute atomic E-state index is 15.2. The van der Waals surface area contributed by atoms with Gasteiger partial charge >= 0.3 is 6.09 Å². The highest BCUT2D eigenvalue weighted by Gasteiger charge is 2.48. The zero-order valence-electron chi connectivity index (χ0n) is 15.7. The predicted octanol–water partition coefficient (Wildman–Crippen LogP) is 3.41. The topological polar surface area (TPSA) is 58.6 Å². The summed E-state index contributed by atoms with van der Waals surface area (Å²) in [5.41, 5.74) is -2.93. The van der Waals surface area contributed by atoms with Gasteiger partial charge in [0.05, 0.1) is 15.7 Å². The number of halogens is 3. The lowest BCUT2D eigenvalue weighted by atomic mass is 9.86. The molecule has 1 amide bonds. The summed E-state index contributed by atoms with van der Waals surface area (Å²) < 4.78 is 60.8. The first kappa shape index (κ1) is 22.2. The minimum Gasteiger partial charge on any atom is -0.444 e. The molecular formula is C16H29F3N2O3S. The molecule has 1 saturated heterocycles. The van der Waals surface area contributed by atoms with E-state index in [1.807, 2.05) is 0 Å². The third-order valence-electron chi connectivity index (χ3n) is 3.85. The van der Waals surface area contributed by atoms with Crippen molar-refractivity contribution in [1.82, 2.24) is 9.62 Å². The molecule has 0 radical (unpaired) electrons. The molecule has 1 heterocycles. The number of hydrogen-bond acceptors (Lipinski definition) is 3. The molecule has 148 valence electrons. The molecule has 0 aromatic rings. The predicted molar refractivity (Wildman–Crippen MR) is 91.7 cm³/mol. The van der Waals surface area contributed by atoms with Gasteiger partial charge in [-0.1, -0.05) is 0 Å². The molecule has 1 fully saturated rings. The third-order valence-corrected chi connectivity index (χ3v) is 5.43. The van der Waals surface area contributed by atoms with Gasteiger partial charge in [-0.2, -0.15) is 0 Å². The smallest absolute Gasteiger partial charge is 0.410 e. The largest absolute Gasteiger partial charge is 0.444 e. The number of hydrogen-bond donors (Lipinski definition) is 1. The van der Waals surface area contributed by atoms with Crippen LogP contribution >= 0.6 is 0 Å². The van der Waals surface area contributed by atoms with E-state index in [2.05, 4.69) is 4.72 Å². The Labute approximate surface area is 150 Å². The van der Waals surface area contributed by atoms with Crippen LogP contribution in [0, 0.1) is 0 Å². The monoisotopic (exact) mass is 386 g/mol. The van der Waals surface area contributed by atoms with Gasteiger partial charge in [0, 0.05) is 25.9 Å². The van der Waals surface area contributed by atoms with Gasteiger partial charge in [0.1, 0.15) is 17.3 Å². The van der Waals surface area contributed by atoms with Crippen molar-refractivity contribution in [3.8, 4) is 0 Å². The van der Waals surface area contributed by atoms with Gasteiger partial charge in [0.15, 0.2) is 0 Å². The molecule has 0 aliphatic carbocycles. The third kappa shape index (κ3) is 6.44. The molecule has 5 nitrogen and oxygen atoms in total. The fraction of sp³-hybridized carbons (Fsp3) is 0.938. The Kier molecular flexibility index (Phi) is 6.94. The molecule has 2 atom stereocenters. The van der Waals surface area contributed by atoms with Gasteiger partial charge in [-0.15, -0.1) is 0 Å². The van der Waals surface area contributed by atoms with Crippen molar-refractivity contribution in [1.29, 1.82) is 0 Å². The number of piperidine rings is 1. The highest BCUT2D eigenvalue weighted by atomic mass is 32.2. The van der Waals surface area contributed by atoms with Gasteiger partial charge in [-0.3, -0.25) is 0 Å². The van der Waals surface area contributed by atoms with Crippen LogP contribution in [-0.2, 0) is 15.7 Å². The van der Waals surface area contributed by atoms with Gasteiger partial charge in [0.2, 0.25) is 0 Å². The Morgan fingerprint density at radius 2 is 1.64 bits per heavy atom. The first-order valence-electron chi connectivity index (χ1n) is 8.29. The van der Waals surface area contributed by atoms with Gasteiger partial charge in [0.25, 0.3) is 6.43 Å². The fourth-order valence-corrected chi connectivity index (χ4v) is 3.27. The summed E-state index contributed by atoms with van der Waals surface area (Å²) in [5.74, 6) is 0. The summed E-state index contributed by atoms with van der Waals surface area (Å²) in [7, 11) is -1.82. The molecule has 0 saturated carbocycles. The van der Waals surface area contributed by atoms with E-state index in [0.717, 1.165) is 0 Å². The zero-order chi connectivity index (χ0) is 19.6. The normalized spacial score (nSPS) is 21.1. The van der Waals surface area contributed by atoms with Crippen LogP contribution in [0.15, 0.2) is 0 Å². The first-order valence-corrected chi connectivity index (χ1v) is 9.44. The molecule has 9 heteroatoms. The minimum atomic E-state index is -3.01. The number of amides is 1. The molecule has 1 aliphatic rings. The van der Waals surface area contributed by atoms with Gasteiger partial charge in [-0.25, -0.2) is 26.9 Å². The maximum atomic E-state index is 15.2. The molecule has 0 spiro atoms. The average molecular weight is 386 g/mol. The van der Waals surface area contributed by atoms with E-state index in [9.17, 15) is 17.8 Å². The van der Waals surface area contributed by atoms with Crippen LogP contribution < -0.4 is 4.72 Å². The van der Waals surface area contributed by atoms with Crippen LogP contribution in [0.2, 0.25) is 0 Å². The van der Waals surface area contributed by atoms with Crippen LogP contribution in [0.3, 0.4) is 0 Å². The molecule has 0 aromatic carbocycles. The van der Waals surface area contributed by atoms with Crippen LogP contribution in [0.5, 0.6) is 0 Å². The Hall–Kier alpha value is -0.830. The van der Waals surface area contributed by atoms with Crippen molar-refractivity contribution in [3.05, 3.63) is 0 Å². The molecule has 1 aliphatic heterocycles. The summed E-state index contributed by atoms with van der Waals surface area (Å²) in [6, 6.07) is -1.85. The lowest BCUT2D eigenvalue weighted by Crippen LogP contribution is -2.59. The Morgan fingerprint density at radius 1 is 1.16 bits per heavy atom. The van der Waals surface area contributed by atoms with Crippen LogP contribution in [0.1, 0.15) is 54.4 Å². The van der Waals surface area contributed by atoms with E-state index in [-0.39, 0.29) is 25.9 Å². The number of likely N-dealkylation sites (tertiary alicyclic amines) is 1. The molecule has 0 aromatic heterocycles. The molecule has 0 bridgehead atoms. The number of carbonyl (C=O) groups is 1. The zero-order valence-corrected chi connectivity index (χ0v) is 16.5. The average Bonchev–Trinajstić information content (AvgIpc) is 2.41. The lowest BCUT2D eigenvalue weighted by Gasteiger charge is -2.41. The molecule has 1 N–H and O–H groups in total. The lowest BCUT2D eigenvalue weighted by molar-refractivity contribution is -0.0360. The molecule has 1 rings (SSSR count). The van der Waals surface area contributed by atoms with Crippen LogP contribution in [-0.4, -0.2) is 56.8 Å². The number of carbonyl (C=O) groups excluding carboxylic acids is 1. The van der Waals surface area contributed by atoms with Gasteiger partial charge < -0.3 is 9.64 Å². The summed E-state index contributed by atoms with van der Waals surface area (Å²) in [6.07, 6.45) is -4.13. The highest BCUT2D eigenvalue weighted by Crippen LogP contribution is 2.34. The number of nitrogens with zero attached hydrogens (tertiary/aromatic N) is 1. The number of nitrogens with one attached hydrogen (secondary N) is 1. The molecule has 25 heavy (non-hydrogen) atoms. The van der Waals surface area contributed by atoms with E-state index >= 15 is 4.39 Å². The number of alkyl halides is 3. The van der Waals surface area contributed by atoms with E-state index in [4.69, 9.17) is 4.74 Å². The van der Waals surface area contributed by atoms with Crippen molar-refractivity contribution in [3.63, 3.8) is 0 Å². The van der Waals surface area contributed by atoms with Crippen molar-refractivity contribution in [2.75, 3.05) is 13.1 Å². The Morgan fingerprint density at radius 3 is 2.00 bits per heavy atom. The van der Waals surface area contributed by atoms with E-state index in [1.54, 1.807) is 41.5 Å². The Balaban J connectivity index is 2.78. The quantitative estimate of drug-likeness (QED) is 0.806. The van der Waals surface area contributed by atoms with Crippen molar-refractivity contribution < 1.29 is 26.9 Å². The number of ether oxygens (including phenoxy) is 1.